The minimum atomic E-state index is -0.0748. The number of halogens is 1. The van der Waals surface area contributed by atoms with Crippen molar-refractivity contribution in [3.8, 4) is 0 Å². The Labute approximate surface area is 124 Å². The van der Waals surface area contributed by atoms with E-state index in [1.807, 2.05) is 20.9 Å². The summed E-state index contributed by atoms with van der Waals surface area (Å²) in [7, 11) is 2.02. The molecule has 1 fully saturated rings. The lowest BCUT2D eigenvalue weighted by molar-refractivity contribution is -0.123. The van der Waals surface area contributed by atoms with Crippen LogP contribution in [0.25, 0.3) is 0 Å². The van der Waals surface area contributed by atoms with Crippen molar-refractivity contribution in [2.24, 2.45) is 0 Å². The highest BCUT2D eigenvalue weighted by atomic mass is 35.5. The molecule has 1 aliphatic rings. The zero-order valence-corrected chi connectivity index (χ0v) is 12.9. The normalized spacial score (nSPS) is 23.2. The molecule has 2 rings (SSSR count). The average Bonchev–Trinajstić information content (AvgIpc) is 2.83. The quantitative estimate of drug-likeness (QED) is 0.869. The van der Waals surface area contributed by atoms with E-state index in [1.165, 1.54) is 0 Å². The topological polar surface area (TPSA) is 59.4 Å². The molecule has 0 saturated carbocycles. The fourth-order valence-electron chi connectivity index (χ4n) is 2.46. The van der Waals surface area contributed by atoms with Crippen LogP contribution in [0.1, 0.15) is 12.6 Å². The highest BCUT2D eigenvalue weighted by Gasteiger charge is 2.32. The zero-order chi connectivity index (χ0) is 14.7. The van der Waals surface area contributed by atoms with Gasteiger partial charge in [-0.05, 0) is 20.9 Å². The van der Waals surface area contributed by atoms with E-state index >= 15 is 0 Å². The van der Waals surface area contributed by atoms with Crippen LogP contribution in [-0.4, -0.2) is 59.5 Å². The largest absolute Gasteiger partial charge is 0.375 e. The number of likely N-dealkylation sites (tertiary alicyclic amines) is 1. The lowest BCUT2D eigenvalue weighted by Crippen LogP contribution is -2.45. The second kappa shape index (κ2) is 6.56. The summed E-state index contributed by atoms with van der Waals surface area (Å²) in [6, 6.07) is 0.0274. The van der Waals surface area contributed by atoms with Crippen LogP contribution >= 0.6 is 11.6 Å². The first kappa shape index (κ1) is 15.3. The van der Waals surface area contributed by atoms with Gasteiger partial charge >= 0.3 is 0 Å². The number of hydrogen-bond acceptors (Lipinski definition) is 4. The molecule has 0 aromatic carbocycles. The molecule has 1 aromatic heterocycles. The van der Waals surface area contributed by atoms with Crippen LogP contribution in [0.3, 0.4) is 0 Å². The number of aromatic nitrogens is 2. The van der Waals surface area contributed by atoms with Gasteiger partial charge in [0.1, 0.15) is 6.54 Å². The monoisotopic (exact) mass is 300 g/mol. The van der Waals surface area contributed by atoms with Crippen molar-refractivity contribution in [2.75, 3.05) is 26.7 Å². The number of aryl methyl sites for hydroxylation is 1. The van der Waals surface area contributed by atoms with Crippen LogP contribution in [-0.2, 0) is 16.1 Å². The summed E-state index contributed by atoms with van der Waals surface area (Å²) in [4.78, 5) is 14.2. The summed E-state index contributed by atoms with van der Waals surface area (Å²) < 4.78 is 7.22. The third-order valence-corrected chi connectivity index (χ3v) is 3.74. The number of rotatable bonds is 5. The van der Waals surface area contributed by atoms with Crippen molar-refractivity contribution in [3.05, 3.63) is 16.9 Å². The molecule has 1 amide bonds. The van der Waals surface area contributed by atoms with Gasteiger partial charge in [0, 0.05) is 25.9 Å². The first-order chi connectivity index (χ1) is 9.49. The molecule has 0 radical (unpaired) electrons. The second-order valence-corrected chi connectivity index (χ2v) is 5.56. The minimum Gasteiger partial charge on any atom is -0.375 e. The van der Waals surface area contributed by atoms with Crippen LogP contribution in [0.5, 0.6) is 0 Å². The van der Waals surface area contributed by atoms with E-state index in [-0.39, 0.29) is 24.6 Å². The summed E-state index contributed by atoms with van der Waals surface area (Å²) in [5.41, 5.74) is 0.729. The number of likely N-dealkylation sites (N-methyl/N-ethyl adjacent to an activating group) is 1. The molecule has 20 heavy (non-hydrogen) atoms. The first-order valence-electron chi connectivity index (χ1n) is 6.78. The number of amides is 1. The molecule has 1 N–H and O–H groups in total. The van der Waals surface area contributed by atoms with Crippen molar-refractivity contribution in [1.82, 2.24) is 20.0 Å². The Hall–Kier alpha value is -1.11. The maximum absolute atomic E-state index is 12.1. The summed E-state index contributed by atoms with van der Waals surface area (Å²) >= 11 is 5.92. The molecule has 0 unspecified atom stereocenters. The Kier molecular flexibility index (Phi) is 5.01. The van der Waals surface area contributed by atoms with Crippen molar-refractivity contribution in [3.63, 3.8) is 0 Å². The van der Waals surface area contributed by atoms with Gasteiger partial charge in [-0.2, -0.15) is 5.10 Å². The van der Waals surface area contributed by atoms with Crippen molar-refractivity contribution < 1.29 is 9.53 Å². The molecule has 2 atom stereocenters. The zero-order valence-electron chi connectivity index (χ0n) is 12.1. The standard InChI is InChI=1S/C13H21ClN4O2/c1-4-20-12-7-17(3)6-11(12)15-13(19)8-18-5-10(14)9(2)16-18/h5,11-12H,4,6-8H2,1-3H3,(H,15,19)/t11-,12-/m1/s1. The van der Waals surface area contributed by atoms with Gasteiger partial charge in [0.05, 0.1) is 22.9 Å². The Balaban J connectivity index is 1.90. The average molecular weight is 301 g/mol. The van der Waals surface area contributed by atoms with Crippen LogP contribution in [0.15, 0.2) is 6.20 Å². The van der Waals surface area contributed by atoms with Crippen molar-refractivity contribution in [2.45, 2.75) is 32.5 Å². The molecule has 2 heterocycles. The highest BCUT2D eigenvalue weighted by molar-refractivity contribution is 6.31. The van der Waals surface area contributed by atoms with E-state index in [9.17, 15) is 4.79 Å². The fourth-order valence-corrected chi connectivity index (χ4v) is 2.61. The van der Waals surface area contributed by atoms with Crippen molar-refractivity contribution >= 4 is 17.5 Å². The molecule has 1 saturated heterocycles. The highest BCUT2D eigenvalue weighted by Crippen LogP contribution is 2.13. The summed E-state index contributed by atoms with van der Waals surface area (Å²) in [5, 5.41) is 7.76. The van der Waals surface area contributed by atoms with Gasteiger partial charge in [0.25, 0.3) is 0 Å². The third-order valence-electron chi connectivity index (χ3n) is 3.37. The summed E-state index contributed by atoms with van der Waals surface area (Å²) in [6.07, 6.45) is 1.72. The van der Waals surface area contributed by atoms with E-state index in [0.717, 1.165) is 18.8 Å². The maximum atomic E-state index is 12.1. The van der Waals surface area contributed by atoms with Gasteiger partial charge < -0.3 is 15.0 Å². The smallest absolute Gasteiger partial charge is 0.242 e. The molecule has 0 bridgehead atoms. The van der Waals surface area contributed by atoms with Gasteiger partial charge in [-0.1, -0.05) is 11.6 Å². The van der Waals surface area contributed by atoms with E-state index in [4.69, 9.17) is 16.3 Å². The molecule has 1 aliphatic heterocycles. The first-order valence-corrected chi connectivity index (χ1v) is 7.16. The number of nitrogens with one attached hydrogen (secondary N) is 1. The Morgan fingerprint density at radius 1 is 1.60 bits per heavy atom. The Morgan fingerprint density at radius 3 is 2.95 bits per heavy atom. The van der Waals surface area contributed by atoms with Crippen LogP contribution in [0.2, 0.25) is 5.02 Å². The molecular weight excluding hydrogens is 280 g/mol. The predicted octanol–water partition coefficient (Wildman–Crippen LogP) is 0.680. The van der Waals surface area contributed by atoms with E-state index in [2.05, 4.69) is 15.3 Å². The Morgan fingerprint density at radius 2 is 2.35 bits per heavy atom. The van der Waals surface area contributed by atoms with Gasteiger partial charge in [-0.3, -0.25) is 9.48 Å². The van der Waals surface area contributed by atoms with E-state index < -0.39 is 0 Å². The molecule has 1 aromatic rings. The minimum absolute atomic E-state index is 0.0274. The number of hydrogen-bond donors (Lipinski definition) is 1. The third kappa shape index (κ3) is 3.71. The lowest BCUT2D eigenvalue weighted by Gasteiger charge is -2.19. The Bertz CT molecular complexity index is 457. The van der Waals surface area contributed by atoms with E-state index in [1.54, 1.807) is 10.9 Å². The molecule has 7 heteroatoms. The van der Waals surface area contributed by atoms with E-state index in [0.29, 0.717) is 11.6 Å². The van der Waals surface area contributed by atoms with Gasteiger partial charge in [-0.15, -0.1) is 0 Å². The lowest BCUT2D eigenvalue weighted by atomic mass is 10.2. The molecule has 0 spiro atoms. The second-order valence-electron chi connectivity index (χ2n) is 5.15. The molecular formula is C13H21ClN4O2. The molecule has 6 nitrogen and oxygen atoms in total. The number of nitrogens with zero attached hydrogens (tertiary/aromatic N) is 3. The predicted molar refractivity (Wildman–Crippen MR) is 76.8 cm³/mol. The van der Waals surface area contributed by atoms with Gasteiger partial charge in [0.15, 0.2) is 0 Å². The SMILES string of the molecule is CCO[C@@H]1CN(C)C[C@H]1NC(=O)Cn1cc(Cl)c(C)n1. The van der Waals surface area contributed by atoms with Gasteiger partial charge in [-0.25, -0.2) is 0 Å². The van der Waals surface area contributed by atoms with Crippen LogP contribution < -0.4 is 5.32 Å². The van der Waals surface area contributed by atoms with Crippen LogP contribution in [0, 0.1) is 6.92 Å². The fraction of sp³-hybridized carbons (Fsp3) is 0.692. The number of carbonyl (C=O) groups excluding carboxylic acids is 1. The summed E-state index contributed by atoms with van der Waals surface area (Å²) in [6.45, 7) is 6.24. The number of carbonyl (C=O) groups is 1. The van der Waals surface area contributed by atoms with Crippen molar-refractivity contribution in [1.29, 1.82) is 0 Å². The van der Waals surface area contributed by atoms with Gasteiger partial charge in [0.2, 0.25) is 5.91 Å². The molecule has 0 aliphatic carbocycles. The molecule has 112 valence electrons. The maximum Gasteiger partial charge on any atom is 0.242 e. The summed E-state index contributed by atoms with van der Waals surface area (Å²) in [5.74, 6) is -0.0748. The van der Waals surface area contributed by atoms with Crippen LogP contribution in [0.4, 0.5) is 0 Å². The number of ether oxygens (including phenoxy) is 1.